The van der Waals surface area contributed by atoms with Crippen molar-refractivity contribution in [3.8, 4) is 0 Å². The second-order valence-corrected chi connectivity index (χ2v) is 9.09. The maximum atomic E-state index is 10.0. The van der Waals surface area contributed by atoms with Crippen molar-refractivity contribution in [2.75, 3.05) is 0 Å². The zero-order valence-electron chi connectivity index (χ0n) is 14.4. The third-order valence-corrected chi connectivity index (χ3v) is 8.45. The van der Waals surface area contributed by atoms with Gasteiger partial charge >= 0.3 is 0 Å². The van der Waals surface area contributed by atoms with Crippen LogP contribution in [0.3, 0.4) is 0 Å². The molecule has 1 N–H and O–H groups in total. The Kier molecular flexibility index (Phi) is 3.39. The molecule has 3 saturated carbocycles. The summed E-state index contributed by atoms with van der Waals surface area (Å²) < 4.78 is 0. The van der Waals surface area contributed by atoms with E-state index < -0.39 is 0 Å². The van der Waals surface area contributed by atoms with Crippen LogP contribution in [0.2, 0.25) is 0 Å². The molecular weight excluding hydrogens is 268 g/mol. The zero-order chi connectivity index (χ0) is 15.5. The van der Waals surface area contributed by atoms with Gasteiger partial charge in [0.15, 0.2) is 0 Å². The van der Waals surface area contributed by atoms with Crippen LogP contribution < -0.4 is 0 Å². The van der Waals surface area contributed by atoms with Crippen LogP contribution in [0.1, 0.15) is 65.2 Å². The lowest BCUT2D eigenvalue weighted by atomic mass is 9.47. The molecule has 0 aromatic rings. The maximum absolute atomic E-state index is 10.0. The Morgan fingerprint density at radius 3 is 2.68 bits per heavy atom. The topological polar surface area (TPSA) is 20.2 Å². The molecule has 4 aliphatic rings. The standard InChI is InChI=1S/C21H32O/c1-4-14-6-8-18-17-7-5-15-13-16(22)9-11-21(15,3)19(17)10-12-20(14,18)2/h4,13-14,16-19,22H,1,5-12H2,2-3H3/t14-,16-,17-,18-,19-,20+,21-/m0/s1. The molecule has 0 saturated heterocycles. The predicted molar refractivity (Wildman–Crippen MR) is 91.4 cm³/mol. The van der Waals surface area contributed by atoms with Crippen molar-refractivity contribution in [1.82, 2.24) is 0 Å². The van der Waals surface area contributed by atoms with Gasteiger partial charge in [-0.05, 0) is 85.9 Å². The molecule has 0 spiro atoms. The van der Waals surface area contributed by atoms with E-state index in [2.05, 4.69) is 32.6 Å². The van der Waals surface area contributed by atoms with E-state index in [4.69, 9.17) is 0 Å². The first-order valence-corrected chi connectivity index (χ1v) is 9.51. The Labute approximate surface area is 135 Å². The Morgan fingerprint density at radius 2 is 1.91 bits per heavy atom. The first-order valence-electron chi connectivity index (χ1n) is 9.51. The smallest absolute Gasteiger partial charge is 0.0724 e. The minimum atomic E-state index is -0.176. The molecule has 3 fully saturated rings. The highest BCUT2D eigenvalue weighted by Gasteiger charge is 2.58. The summed E-state index contributed by atoms with van der Waals surface area (Å²) in [7, 11) is 0. The van der Waals surface area contributed by atoms with Crippen molar-refractivity contribution in [2.24, 2.45) is 34.5 Å². The van der Waals surface area contributed by atoms with Gasteiger partial charge in [-0.2, -0.15) is 0 Å². The average Bonchev–Trinajstić information content (AvgIpc) is 2.84. The summed E-state index contributed by atoms with van der Waals surface area (Å²) in [6.45, 7) is 9.21. The number of hydrogen-bond acceptors (Lipinski definition) is 1. The Bertz CT molecular complexity index is 506. The molecule has 0 radical (unpaired) electrons. The number of aliphatic hydroxyl groups is 1. The van der Waals surface area contributed by atoms with E-state index in [1.165, 1.54) is 44.9 Å². The van der Waals surface area contributed by atoms with Crippen LogP contribution >= 0.6 is 0 Å². The van der Waals surface area contributed by atoms with E-state index >= 15 is 0 Å². The fourth-order valence-electron chi connectivity index (χ4n) is 7.14. The minimum Gasteiger partial charge on any atom is -0.389 e. The van der Waals surface area contributed by atoms with Crippen molar-refractivity contribution < 1.29 is 5.11 Å². The summed E-state index contributed by atoms with van der Waals surface area (Å²) in [5.74, 6) is 3.44. The van der Waals surface area contributed by atoms with Gasteiger partial charge in [0.25, 0.3) is 0 Å². The third kappa shape index (κ3) is 1.87. The van der Waals surface area contributed by atoms with Crippen molar-refractivity contribution in [2.45, 2.75) is 71.3 Å². The van der Waals surface area contributed by atoms with E-state index in [1.807, 2.05) is 0 Å². The summed E-state index contributed by atoms with van der Waals surface area (Å²) in [4.78, 5) is 0. The van der Waals surface area contributed by atoms with Gasteiger partial charge in [0.2, 0.25) is 0 Å². The molecule has 1 nitrogen and oxygen atoms in total. The first kappa shape index (κ1) is 15.0. The molecular formula is C21H32O. The average molecular weight is 300 g/mol. The highest BCUT2D eigenvalue weighted by Crippen LogP contribution is 2.66. The van der Waals surface area contributed by atoms with Gasteiger partial charge in [-0.15, -0.1) is 6.58 Å². The molecule has 122 valence electrons. The molecule has 0 bridgehead atoms. The molecule has 22 heavy (non-hydrogen) atoms. The lowest BCUT2D eigenvalue weighted by Gasteiger charge is -2.58. The molecule has 0 unspecified atom stereocenters. The SMILES string of the molecule is C=C[C@H]1CC[C@H]2[C@@H]3CCC4=C[C@@H](O)CC[C@]4(C)[C@H]3CC[C@]12C. The second-order valence-electron chi connectivity index (χ2n) is 9.09. The fraction of sp³-hybridized carbons (Fsp3) is 0.810. The van der Waals surface area contributed by atoms with Crippen LogP contribution in [0.5, 0.6) is 0 Å². The molecule has 0 amide bonds. The largest absolute Gasteiger partial charge is 0.389 e. The monoisotopic (exact) mass is 300 g/mol. The number of allylic oxidation sites excluding steroid dienone is 2. The molecule has 4 rings (SSSR count). The Balaban J connectivity index is 1.67. The number of fused-ring (bicyclic) bond motifs is 5. The molecule has 0 aliphatic heterocycles. The van der Waals surface area contributed by atoms with Crippen LogP contribution in [0.25, 0.3) is 0 Å². The van der Waals surface area contributed by atoms with E-state index in [9.17, 15) is 5.11 Å². The summed E-state index contributed by atoms with van der Waals surface area (Å²) in [5, 5.41) is 10.0. The highest BCUT2D eigenvalue weighted by molar-refractivity contribution is 5.25. The van der Waals surface area contributed by atoms with Crippen LogP contribution in [0.4, 0.5) is 0 Å². The predicted octanol–water partition coefficient (Wildman–Crippen LogP) is 5.11. The minimum absolute atomic E-state index is 0.176. The Morgan fingerprint density at radius 1 is 1.09 bits per heavy atom. The van der Waals surface area contributed by atoms with Gasteiger partial charge in [0.1, 0.15) is 0 Å². The van der Waals surface area contributed by atoms with E-state index in [0.717, 1.165) is 30.1 Å². The van der Waals surface area contributed by atoms with Gasteiger partial charge in [0.05, 0.1) is 6.10 Å². The van der Waals surface area contributed by atoms with Crippen molar-refractivity contribution in [3.05, 3.63) is 24.3 Å². The number of aliphatic hydroxyl groups excluding tert-OH is 1. The number of rotatable bonds is 1. The molecule has 4 aliphatic carbocycles. The highest BCUT2D eigenvalue weighted by atomic mass is 16.3. The van der Waals surface area contributed by atoms with E-state index in [-0.39, 0.29) is 6.10 Å². The third-order valence-electron chi connectivity index (χ3n) is 8.45. The molecule has 0 heterocycles. The second kappa shape index (κ2) is 4.97. The van der Waals surface area contributed by atoms with Crippen LogP contribution in [-0.2, 0) is 0 Å². The lowest BCUT2D eigenvalue weighted by Crippen LogP contribution is -2.50. The van der Waals surface area contributed by atoms with E-state index in [0.29, 0.717) is 10.8 Å². The van der Waals surface area contributed by atoms with Crippen LogP contribution in [0.15, 0.2) is 24.3 Å². The molecule has 0 aromatic heterocycles. The van der Waals surface area contributed by atoms with Gasteiger partial charge in [0, 0.05) is 0 Å². The van der Waals surface area contributed by atoms with Crippen molar-refractivity contribution >= 4 is 0 Å². The first-order chi connectivity index (χ1) is 10.5. The normalized spacial score (nSPS) is 54.0. The van der Waals surface area contributed by atoms with Gasteiger partial charge in [-0.3, -0.25) is 0 Å². The van der Waals surface area contributed by atoms with Gasteiger partial charge < -0.3 is 5.11 Å². The van der Waals surface area contributed by atoms with Crippen molar-refractivity contribution in [3.63, 3.8) is 0 Å². The van der Waals surface area contributed by atoms with Gasteiger partial charge in [-0.25, -0.2) is 0 Å². The van der Waals surface area contributed by atoms with Crippen molar-refractivity contribution in [1.29, 1.82) is 0 Å². The van der Waals surface area contributed by atoms with E-state index in [1.54, 1.807) is 5.57 Å². The summed E-state index contributed by atoms with van der Waals surface area (Å²) in [6, 6.07) is 0. The maximum Gasteiger partial charge on any atom is 0.0724 e. The zero-order valence-corrected chi connectivity index (χ0v) is 14.4. The quantitative estimate of drug-likeness (QED) is 0.667. The number of hydrogen-bond donors (Lipinski definition) is 1. The molecule has 0 aromatic carbocycles. The summed E-state index contributed by atoms with van der Waals surface area (Å²) in [6.07, 6.45) is 14.6. The van der Waals surface area contributed by atoms with Crippen LogP contribution in [-0.4, -0.2) is 11.2 Å². The lowest BCUT2D eigenvalue weighted by molar-refractivity contribution is -0.0495. The molecule has 1 heteroatoms. The Hall–Kier alpha value is -0.560. The fourth-order valence-corrected chi connectivity index (χ4v) is 7.14. The van der Waals surface area contributed by atoms with Crippen LogP contribution in [0, 0.1) is 34.5 Å². The summed E-state index contributed by atoms with van der Waals surface area (Å²) in [5.41, 5.74) is 2.50. The summed E-state index contributed by atoms with van der Waals surface area (Å²) >= 11 is 0. The molecule has 7 atom stereocenters. The van der Waals surface area contributed by atoms with Gasteiger partial charge in [-0.1, -0.05) is 31.6 Å².